The van der Waals surface area contributed by atoms with Crippen molar-refractivity contribution >= 4 is 83.4 Å². The van der Waals surface area contributed by atoms with Gasteiger partial charge < -0.3 is 9.47 Å². The Labute approximate surface area is 264 Å². The van der Waals surface area contributed by atoms with E-state index >= 15 is 0 Å². The smallest absolute Gasteiger partial charge is 0.307 e. The Morgan fingerprint density at radius 1 is 1.00 bits per heavy atom. The van der Waals surface area contributed by atoms with Crippen molar-refractivity contribution in [2.75, 3.05) is 23.2 Å². The number of ketones is 1. The lowest BCUT2D eigenvalue weighted by atomic mass is 10.0. The fourth-order valence-corrected chi connectivity index (χ4v) is 9.21. The number of rotatable bonds is 17. The molecule has 1 aliphatic carbocycles. The van der Waals surface area contributed by atoms with Crippen molar-refractivity contribution in [3.8, 4) is 0 Å². The molecule has 0 spiro atoms. The van der Waals surface area contributed by atoms with Gasteiger partial charge in [0.05, 0.1) is 13.0 Å². The number of carbonyl (C=O) groups excluding carboxylic acids is 2. The molecule has 4 nitrogen and oxygen atoms in total. The van der Waals surface area contributed by atoms with Gasteiger partial charge in [-0.1, -0.05) is 84.1 Å². The minimum absolute atomic E-state index is 0.0535. The van der Waals surface area contributed by atoms with Gasteiger partial charge in [0.1, 0.15) is 14.7 Å². The lowest BCUT2D eigenvalue weighted by molar-refractivity contribution is -0.152. The molecule has 0 aromatic heterocycles. The summed E-state index contributed by atoms with van der Waals surface area (Å²) in [6.45, 7) is 5.97. The summed E-state index contributed by atoms with van der Waals surface area (Å²) in [6.07, 6.45) is 1.49. The molecular weight excluding hydrogens is 617 g/mol. The SMILES string of the molecule is CC(C)(OCC1CC1(C)OC(=O)CCS(=S)CSCc1ccccc1)C(=O)CCSC(=S)SCc1ccccc1. The lowest BCUT2D eigenvalue weighted by Crippen LogP contribution is -2.36. The second kappa shape index (κ2) is 16.8. The predicted octanol–water partition coefficient (Wildman–Crippen LogP) is 7.38. The van der Waals surface area contributed by atoms with Gasteiger partial charge in [-0.25, -0.2) is 0 Å². The monoisotopic (exact) mass is 654 g/mol. The van der Waals surface area contributed by atoms with Gasteiger partial charge in [0.2, 0.25) is 0 Å². The molecule has 3 atom stereocenters. The Balaban J connectivity index is 1.26. The number of hydrogen-bond acceptors (Lipinski definition) is 9. The van der Waals surface area contributed by atoms with Crippen LogP contribution in [0.15, 0.2) is 60.7 Å². The quantitative estimate of drug-likeness (QED) is 0.129. The van der Waals surface area contributed by atoms with E-state index in [0.717, 1.165) is 26.5 Å². The summed E-state index contributed by atoms with van der Waals surface area (Å²) in [7, 11) is -0.246. The van der Waals surface area contributed by atoms with Crippen LogP contribution in [0.2, 0.25) is 0 Å². The van der Waals surface area contributed by atoms with Crippen LogP contribution in [0, 0.1) is 5.92 Å². The van der Waals surface area contributed by atoms with Crippen LogP contribution in [-0.2, 0) is 51.2 Å². The van der Waals surface area contributed by atoms with Crippen molar-refractivity contribution in [1.29, 1.82) is 0 Å². The largest absolute Gasteiger partial charge is 0.459 e. The van der Waals surface area contributed by atoms with E-state index in [4.69, 9.17) is 32.9 Å². The van der Waals surface area contributed by atoms with Crippen LogP contribution in [0.5, 0.6) is 0 Å². The fourth-order valence-electron chi connectivity index (χ4n) is 3.86. The summed E-state index contributed by atoms with van der Waals surface area (Å²) >= 11 is 16.0. The highest BCUT2D eigenvalue weighted by molar-refractivity contribution is 8.46. The van der Waals surface area contributed by atoms with Crippen LogP contribution in [-0.4, -0.2) is 49.7 Å². The van der Waals surface area contributed by atoms with E-state index in [1.54, 1.807) is 23.5 Å². The van der Waals surface area contributed by atoms with E-state index in [2.05, 4.69) is 24.3 Å². The van der Waals surface area contributed by atoms with E-state index in [1.807, 2.05) is 68.9 Å². The summed E-state index contributed by atoms with van der Waals surface area (Å²) in [6, 6.07) is 20.5. The molecule has 40 heavy (non-hydrogen) atoms. The minimum Gasteiger partial charge on any atom is -0.459 e. The molecule has 0 saturated heterocycles. The summed E-state index contributed by atoms with van der Waals surface area (Å²) in [5.74, 6) is 3.03. The third-order valence-electron chi connectivity index (χ3n) is 6.63. The molecule has 0 bridgehead atoms. The van der Waals surface area contributed by atoms with Crippen LogP contribution in [0.1, 0.15) is 51.2 Å². The van der Waals surface area contributed by atoms with Gasteiger partial charge in [-0.2, -0.15) is 0 Å². The number of thiocarbonyl (C=S) groups is 1. The molecule has 0 N–H and O–H groups in total. The van der Waals surface area contributed by atoms with Gasteiger partial charge in [0.15, 0.2) is 5.78 Å². The number of hydrogen-bond donors (Lipinski definition) is 0. The van der Waals surface area contributed by atoms with Gasteiger partial charge in [-0.3, -0.25) is 9.59 Å². The van der Waals surface area contributed by atoms with Crippen molar-refractivity contribution in [2.24, 2.45) is 5.92 Å². The number of ether oxygens (including phenoxy) is 2. The Kier molecular flexibility index (Phi) is 14.2. The van der Waals surface area contributed by atoms with Crippen LogP contribution in [0.3, 0.4) is 0 Å². The first-order chi connectivity index (χ1) is 19.1. The topological polar surface area (TPSA) is 52.6 Å². The Morgan fingerprint density at radius 3 is 2.27 bits per heavy atom. The molecule has 0 heterocycles. The molecule has 3 rings (SSSR count). The van der Waals surface area contributed by atoms with Gasteiger partial charge in [0, 0.05) is 40.4 Å². The maximum absolute atomic E-state index is 12.8. The Hall–Kier alpha value is -0.750. The summed E-state index contributed by atoms with van der Waals surface area (Å²) in [5.41, 5.74) is 1.12. The molecule has 2 aromatic carbocycles. The maximum atomic E-state index is 12.8. The van der Waals surface area contributed by atoms with Crippen LogP contribution in [0.25, 0.3) is 0 Å². The second-order valence-electron chi connectivity index (χ2n) is 10.4. The molecule has 1 aliphatic rings. The normalized spacial score (nSPS) is 19.1. The van der Waals surface area contributed by atoms with Crippen molar-refractivity contribution in [1.82, 2.24) is 0 Å². The van der Waals surface area contributed by atoms with Gasteiger partial charge >= 0.3 is 5.97 Å². The molecule has 0 aliphatic heterocycles. The Bertz CT molecular complexity index is 1140. The third kappa shape index (κ3) is 12.2. The first-order valence-corrected chi connectivity index (χ1v) is 19.3. The molecule has 2 aromatic rings. The van der Waals surface area contributed by atoms with Gasteiger partial charge in [0.25, 0.3) is 0 Å². The van der Waals surface area contributed by atoms with E-state index in [-0.39, 0.29) is 27.1 Å². The molecule has 3 unspecified atom stereocenters. The van der Waals surface area contributed by atoms with Crippen LogP contribution < -0.4 is 0 Å². The van der Waals surface area contributed by atoms with Crippen LogP contribution >= 0.6 is 47.5 Å². The highest BCUT2D eigenvalue weighted by atomic mass is 32.8. The minimum atomic E-state index is -0.888. The highest BCUT2D eigenvalue weighted by Crippen LogP contribution is 2.47. The van der Waals surface area contributed by atoms with Gasteiger partial charge in [-0.15, -0.1) is 44.7 Å². The fraction of sp³-hybridized carbons (Fsp3) is 0.500. The molecular formula is C30H38O4S6. The third-order valence-corrected chi connectivity index (χ3v) is 13.7. The predicted molar refractivity (Wildman–Crippen MR) is 182 cm³/mol. The lowest BCUT2D eigenvalue weighted by Gasteiger charge is -2.24. The van der Waals surface area contributed by atoms with Crippen molar-refractivity contribution < 1.29 is 19.1 Å². The molecule has 218 valence electrons. The van der Waals surface area contributed by atoms with E-state index in [9.17, 15) is 9.59 Å². The first kappa shape index (κ1) is 33.7. The summed E-state index contributed by atoms with van der Waals surface area (Å²) in [5, 5.41) is 0.866. The molecule has 0 amide bonds. The van der Waals surface area contributed by atoms with Crippen molar-refractivity contribution in [3.05, 3.63) is 71.8 Å². The number of benzene rings is 2. The maximum Gasteiger partial charge on any atom is 0.307 e. The van der Waals surface area contributed by atoms with Crippen molar-refractivity contribution in [3.63, 3.8) is 0 Å². The zero-order chi connectivity index (χ0) is 29.0. The molecule has 10 heteroatoms. The summed E-state index contributed by atoms with van der Waals surface area (Å²) < 4.78 is 12.7. The van der Waals surface area contributed by atoms with E-state index < -0.39 is 11.2 Å². The highest BCUT2D eigenvalue weighted by Gasteiger charge is 2.54. The molecule has 1 saturated carbocycles. The number of carbonyl (C=O) groups is 2. The Morgan fingerprint density at radius 2 is 1.62 bits per heavy atom. The molecule has 0 radical (unpaired) electrons. The average molecular weight is 655 g/mol. The van der Waals surface area contributed by atoms with Crippen LogP contribution in [0.4, 0.5) is 0 Å². The first-order valence-electron chi connectivity index (χ1n) is 13.3. The second-order valence-corrected chi connectivity index (χ2v) is 18.0. The average Bonchev–Trinajstić information content (AvgIpc) is 3.59. The zero-order valence-corrected chi connectivity index (χ0v) is 28.2. The van der Waals surface area contributed by atoms with Gasteiger partial charge in [-0.05, 0) is 38.3 Å². The zero-order valence-electron chi connectivity index (χ0n) is 23.3. The number of esters is 1. The number of Topliss-reactive ketones (excluding diaryl/α,β-unsaturated/α-hetero) is 1. The number of thioether (sulfide) groups is 3. The molecule has 1 fully saturated rings. The van der Waals surface area contributed by atoms with Crippen molar-refractivity contribution in [2.45, 2.75) is 62.7 Å². The van der Waals surface area contributed by atoms with E-state index in [0.29, 0.717) is 31.0 Å². The standard InChI is InChI=1S/C30H38O4S6/c1-29(2,26(31)14-16-38-28(35)39-21-24-12-8-5-9-13-24)33-19-25-18-30(25,3)34-27(32)15-17-40(36)22-37-20-23-10-6-4-7-11-23/h4-13,25H,14-22H2,1-3H3. The van der Waals surface area contributed by atoms with E-state index in [1.165, 1.54) is 11.1 Å². The summed E-state index contributed by atoms with van der Waals surface area (Å²) in [4.78, 5) is 25.3.